The van der Waals surface area contributed by atoms with Crippen LogP contribution in [0, 0.1) is 20.8 Å². The molecule has 1 aromatic heterocycles. The highest BCUT2D eigenvalue weighted by atomic mass is 16.5. The topological polar surface area (TPSA) is 34.1 Å². The fourth-order valence-electron chi connectivity index (χ4n) is 2.60. The number of nitrogens with one attached hydrogen (secondary N) is 1. The maximum absolute atomic E-state index is 5.35. The molecule has 22 heavy (non-hydrogen) atoms. The Morgan fingerprint density at radius 2 is 1.77 bits per heavy atom. The lowest BCUT2D eigenvalue weighted by atomic mass is 10.1. The molecular weight excluding hydrogens is 272 g/mol. The van der Waals surface area contributed by atoms with Crippen molar-refractivity contribution in [2.75, 3.05) is 12.4 Å². The van der Waals surface area contributed by atoms with Gasteiger partial charge in [-0.1, -0.05) is 12.1 Å². The van der Waals surface area contributed by atoms with Gasteiger partial charge in [0.05, 0.1) is 12.6 Å². The fourth-order valence-corrected chi connectivity index (χ4v) is 2.60. The monoisotopic (exact) mass is 292 g/mol. The Balaban J connectivity index is 2.14. The number of benzene rings is 2. The Morgan fingerprint density at radius 1 is 0.955 bits per heavy atom. The van der Waals surface area contributed by atoms with E-state index in [0.29, 0.717) is 0 Å². The summed E-state index contributed by atoms with van der Waals surface area (Å²) in [5.74, 6) is 0.835. The molecule has 3 rings (SSSR count). The van der Waals surface area contributed by atoms with Gasteiger partial charge in [-0.3, -0.25) is 4.98 Å². The number of fused-ring (bicyclic) bond motifs is 1. The van der Waals surface area contributed by atoms with Crippen LogP contribution in [0.4, 0.5) is 11.4 Å². The van der Waals surface area contributed by atoms with Gasteiger partial charge in [-0.05, 0) is 62.2 Å². The largest absolute Gasteiger partial charge is 0.497 e. The first-order valence-corrected chi connectivity index (χ1v) is 7.37. The van der Waals surface area contributed by atoms with Gasteiger partial charge in [-0.2, -0.15) is 0 Å². The number of pyridine rings is 1. The van der Waals surface area contributed by atoms with Crippen LogP contribution in [-0.2, 0) is 0 Å². The van der Waals surface area contributed by atoms with E-state index < -0.39 is 0 Å². The average Bonchev–Trinajstić information content (AvgIpc) is 2.51. The molecule has 3 nitrogen and oxygen atoms in total. The van der Waals surface area contributed by atoms with Gasteiger partial charge in [0, 0.05) is 22.5 Å². The van der Waals surface area contributed by atoms with Crippen LogP contribution in [0.15, 0.2) is 42.5 Å². The Bertz CT molecular complexity index is 840. The lowest BCUT2D eigenvalue weighted by Crippen LogP contribution is -1.98. The summed E-state index contributed by atoms with van der Waals surface area (Å²) in [6.45, 7) is 6.27. The molecule has 1 N–H and O–H groups in total. The van der Waals surface area contributed by atoms with Gasteiger partial charge in [0.25, 0.3) is 0 Å². The molecule has 0 saturated carbocycles. The lowest BCUT2D eigenvalue weighted by molar-refractivity contribution is 0.415. The van der Waals surface area contributed by atoms with Crippen LogP contribution in [0.1, 0.15) is 16.8 Å². The van der Waals surface area contributed by atoms with E-state index in [1.807, 2.05) is 25.1 Å². The van der Waals surface area contributed by atoms with Crippen molar-refractivity contribution in [3.63, 3.8) is 0 Å². The quantitative estimate of drug-likeness (QED) is 0.744. The van der Waals surface area contributed by atoms with Crippen molar-refractivity contribution in [2.45, 2.75) is 20.8 Å². The Labute approximate surface area is 131 Å². The summed E-state index contributed by atoms with van der Waals surface area (Å²) in [5, 5.41) is 4.61. The normalized spacial score (nSPS) is 10.7. The molecule has 0 atom stereocenters. The number of hydrogen-bond donors (Lipinski definition) is 1. The maximum atomic E-state index is 5.35. The van der Waals surface area contributed by atoms with Crippen LogP contribution in [0.25, 0.3) is 10.9 Å². The number of anilines is 2. The molecule has 2 aromatic carbocycles. The second-order valence-corrected chi connectivity index (χ2v) is 5.57. The second kappa shape index (κ2) is 5.68. The van der Waals surface area contributed by atoms with Gasteiger partial charge in [0.1, 0.15) is 5.75 Å². The predicted octanol–water partition coefficient (Wildman–Crippen LogP) is 4.91. The number of rotatable bonds is 3. The molecule has 0 aliphatic carbocycles. The maximum Gasteiger partial charge on any atom is 0.119 e. The van der Waals surface area contributed by atoms with Gasteiger partial charge in [-0.15, -0.1) is 0 Å². The van der Waals surface area contributed by atoms with Gasteiger partial charge in [0.2, 0.25) is 0 Å². The molecule has 1 heterocycles. The molecule has 0 spiro atoms. The van der Waals surface area contributed by atoms with Crippen LogP contribution in [-0.4, -0.2) is 12.1 Å². The molecular formula is C19H20N2O. The van der Waals surface area contributed by atoms with Crippen molar-refractivity contribution >= 4 is 22.3 Å². The molecule has 0 radical (unpaired) electrons. The number of nitrogens with zero attached hydrogens (tertiary/aromatic N) is 1. The van der Waals surface area contributed by atoms with Crippen molar-refractivity contribution in [3.8, 4) is 5.75 Å². The van der Waals surface area contributed by atoms with E-state index in [1.165, 1.54) is 11.1 Å². The minimum atomic E-state index is 0.835. The van der Waals surface area contributed by atoms with Crippen LogP contribution >= 0.6 is 0 Å². The summed E-state index contributed by atoms with van der Waals surface area (Å²) in [7, 11) is 1.68. The third-order valence-electron chi connectivity index (χ3n) is 4.02. The third-order valence-corrected chi connectivity index (χ3v) is 4.02. The van der Waals surface area contributed by atoms with E-state index >= 15 is 0 Å². The number of aryl methyl sites for hydroxylation is 2. The van der Waals surface area contributed by atoms with E-state index in [4.69, 9.17) is 4.74 Å². The van der Waals surface area contributed by atoms with Gasteiger partial charge in [-0.25, -0.2) is 0 Å². The molecule has 3 heteroatoms. The molecule has 0 aliphatic heterocycles. The van der Waals surface area contributed by atoms with Crippen molar-refractivity contribution in [1.82, 2.24) is 4.98 Å². The van der Waals surface area contributed by atoms with Gasteiger partial charge < -0.3 is 10.1 Å². The number of ether oxygens (including phenoxy) is 1. The third kappa shape index (κ3) is 2.62. The Hall–Kier alpha value is -2.55. The minimum Gasteiger partial charge on any atom is -0.497 e. The molecule has 112 valence electrons. The standard InChI is InChI=1S/C19H20N2O/c1-12-6-5-7-17(14(12)3)21-19-10-13(2)20-18-9-8-15(22-4)11-16(18)19/h5-11H,1-4H3,(H,20,21). The summed E-state index contributed by atoms with van der Waals surface area (Å²) >= 11 is 0. The smallest absolute Gasteiger partial charge is 0.119 e. The first-order valence-electron chi connectivity index (χ1n) is 7.37. The van der Waals surface area contributed by atoms with Crippen molar-refractivity contribution < 1.29 is 4.74 Å². The van der Waals surface area contributed by atoms with Crippen LogP contribution < -0.4 is 10.1 Å². The van der Waals surface area contributed by atoms with Crippen molar-refractivity contribution in [3.05, 3.63) is 59.3 Å². The highest BCUT2D eigenvalue weighted by Crippen LogP contribution is 2.31. The van der Waals surface area contributed by atoms with Crippen LogP contribution in [0.5, 0.6) is 5.75 Å². The second-order valence-electron chi connectivity index (χ2n) is 5.57. The number of aromatic nitrogens is 1. The molecule has 0 saturated heterocycles. The molecule has 0 bridgehead atoms. The zero-order valence-corrected chi connectivity index (χ0v) is 13.4. The molecule has 0 amide bonds. The summed E-state index contributed by atoms with van der Waals surface area (Å²) in [5.41, 5.74) is 6.66. The predicted molar refractivity (Wildman–Crippen MR) is 92.2 cm³/mol. The van der Waals surface area contributed by atoms with Crippen molar-refractivity contribution in [2.24, 2.45) is 0 Å². The number of hydrogen-bond acceptors (Lipinski definition) is 3. The number of methoxy groups -OCH3 is 1. The van der Waals surface area contributed by atoms with Crippen molar-refractivity contribution in [1.29, 1.82) is 0 Å². The van der Waals surface area contributed by atoms with E-state index in [0.717, 1.165) is 33.7 Å². The Kier molecular flexibility index (Phi) is 3.72. The first kappa shape index (κ1) is 14.4. The van der Waals surface area contributed by atoms with E-state index in [-0.39, 0.29) is 0 Å². The van der Waals surface area contributed by atoms with Crippen LogP contribution in [0.2, 0.25) is 0 Å². The van der Waals surface area contributed by atoms with E-state index in [2.05, 4.69) is 48.4 Å². The van der Waals surface area contributed by atoms with Gasteiger partial charge in [0.15, 0.2) is 0 Å². The molecule has 0 fully saturated rings. The van der Waals surface area contributed by atoms with E-state index in [1.54, 1.807) is 7.11 Å². The summed E-state index contributed by atoms with van der Waals surface area (Å²) in [6.07, 6.45) is 0. The molecule has 0 unspecified atom stereocenters. The first-order chi connectivity index (χ1) is 10.6. The van der Waals surface area contributed by atoms with E-state index in [9.17, 15) is 0 Å². The minimum absolute atomic E-state index is 0.835. The average molecular weight is 292 g/mol. The lowest BCUT2D eigenvalue weighted by Gasteiger charge is -2.14. The highest BCUT2D eigenvalue weighted by Gasteiger charge is 2.08. The summed E-state index contributed by atoms with van der Waals surface area (Å²) in [6, 6.07) is 14.3. The van der Waals surface area contributed by atoms with Crippen LogP contribution in [0.3, 0.4) is 0 Å². The van der Waals surface area contributed by atoms with Gasteiger partial charge >= 0.3 is 0 Å². The highest BCUT2D eigenvalue weighted by molar-refractivity contribution is 5.94. The SMILES string of the molecule is COc1ccc2nc(C)cc(Nc3cccc(C)c3C)c2c1. The summed E-state index contributed by atoms with van der Waals surface area (Å²) in [4.78, 5) is 4.60. The zero-order valence-electron chi connectivity index (χ0n) is 13.4. The molecule has 3 aromatic rings. The Morgan fingerprint density at radius 3 is 2.55 bits per heavy atom. The fraction of sp³-hybridized carbons (Fsp3) is 0.211. The summed E-state index contributed by atoms with van der Waals surface area (Å²) < 4.78 is 5.35. The zero-order chi connectivity index (χ0) is 15.7. The molecule has 0 aliphatic rings.